The smallest absolute Gasteiger partial charge is 0.120 e. The lowest BCUT2D eigenvalue weighted by Gasteiger charge is -2.36. The van der Waals surface area contributed by atoms with E-state index in [0.29, 0.717) is 6.54 Å². The molecule has 1 aromatic heterocycles. The van der Waals surface area contributed by atoms with Crippen LogP contribution in [-0.2, 0) is 13.1 Å². The Morgan fingerprint density at radius 2 is 1.92 bits per heavy atom. The Hall–Kier alpha value is -2.05. The van der Waals surface area contributed by atoms with E-state index in [2.05, 4.69) is 40.9 Å². The Morgan fingerprint density at radius 3 is 2.60 bits per heavy atom. The predicted octanol–water partition coefficient (Wildman–Crippen LogP) is 1.82. The zero-order valence-corrected chi connectivity index (χ0v) is 15.4. The zero-order chi connectivity index (χ0) is 17.8. The topological polar surface area (TPSA) is 53.8 Å². The first-order chi connectivity index (χ1) is 12.1. The summed E-state index contributed by atoms with van der Waals surface area (Å²) in [6.07, 6.45) is 0. The number of piperazine rings is 1. The molecule has 0 bridgehead atoms. The first-order valence-corrected chi connectivity index (χ1v) is 8.87. The molecule has 2 aromatic rings. The van der Waals surface area contributed by atoms with E-state index < -0.39 is 0 Å². The third-order valence-electron chi connectivity index (χ3n) is 5.02. The van der Waals surface area contributed by atoms with Crippen LogP contribution in [-0.4, -0.2) is 59.7 Å². The number of rotatable bonds is 6. The minimum Gasteiger partial charge on any atom is -0.497 e. The van der Waals surface area contributed by atoms with E-state index in [1.54, 1.807) is 7.11 Å². The molecule has 1 N–H and O–H groups in total. The number of anilines is 1. The van der Waals surface area contributed by atoms with Gasteiger partial charge in [-0.05, 0) is 26.0 Å². The van der Waals surface area contributed by atoms with Gasteiger partial charge in [0.2, 0.25) is 0 Å². The highest BCUT2D eigenvalue weighted by atomic mass is 16.5. The third kappa shape index (κ3) is 3.96. The first-order valence-electron chi connectivity index (χ1n) is 8.87. The molecule has 0 saturated carbocycles. The second-order valence-corrected chi connectivity index (χ2v) is 6.56. The van der Waals surface area contributed by atoms with Gasteiger partial charge < -0.3 is 14.7 Å². The summed E-state index contributed by atoms with van der Waals surface area (Å²) in [6.45, 7) is 9.85. The average molecular weight is 344 g/mol. The van der Waals surface area contributed by atoms with Crippen molar-refractivity contribution in [2.45, 2.75) is 26.9 Å². The fourth-order valence-electron chi connectivity index (χ4n) is 3.47. The molecule has 0 spiro atoms. The van der Waals surface area contributed by atoms with Crippen LogP contribution in [0.4, 0.5) is 5.69 Å². The van der Waals surface area contributed by atoms with E-state index in [4.69, 9.17) is 9.84 Å². The molecular formula is C19H28N4O2. The van der Waals surface area contributed by atoms with Crippen LogP contribution in [0, 0.1) is 13.8 Å². The van der Waals surface area contributed by atoms with Crippen LogP contribution in [0.1, 0.15) is 17.0 Å². The van der Waals surface area contributed by atoms with Gasteiger partial charge >= 0.3 is 0 Å². The molecule has 0 radical (unpaired) electrons. The summed E-state index contributed by atoms with van der Waals surface area (Å²) >= 11 is 0. The quantitative estimate of drug-likeness (QED) is 0.866. The molecule has 2 heterocycles. The normalized spacial score (nSPS) is 15.6. The summed E-state index contributed by atoms with van der Waals surface area (Å²) in [5.74, 6) is 0.905. The van der Waals surface area contributed by atoms with Gasteiger partial charge in [0.1, 0.15) is 5.75 Å². The Labute approximate surface area is 149 Å². The number of nitrogens with zero attached hydrogens (tertiary/aromatic N) is 4. The van der Waals surface area contributed by atoms with Gasteiger partial charge in [-0.1, -0.05) is 6.07 Å². The molecule has 6 heteroatoms. The molecule has 25 heavy (non-hydrogen) atoms. The highest BCUT2D eigenvalue weighted by molar-refractivity contribution is 5.51. The molecule has 6 nitrogen and oxygen atoms in total. The lowest BCUT2D eigenvalue weighted by molar-refractivity contribution is 0.248. The van der Waals surface area contributed by atoms with Crippen LogP contribution in [0.25, 0.3) is 0 Å². The molecule has 136 valence electrons. The molecule has 0 atom stereocenters. The molecule has 1 saturated heterocycles. The van der Waals surface area contributed by atoms with Crippen molar-refractivity contribution < 1.29 is 9.84 Å². The average Bonchev–Trinajstić information content (AvgIpc) is 2.90. The van der Waals surface area contributed by atoms with Gasteiger partial charge in [0.25, 0.3) is 0 Å². The van der Waals surface area contributed by atoms with Gasteiger partial charge in [-0.25, -0.2) is 0 Å². The first kappa shape index (κ1) is 17.8. The van der Waals surface area contributed by atoms with E-state index in [9.17, 15) is 0 Å². The van der Waals surface area contributed by atoms with Gasteiger partial charge in [-0.2, -0.15) is 5.10 Å². The Morgan fingerprint density at radius 1 is 1.16 bits per heavy atom. The lowest BCUT2D eigenvalue weighted by Crippen LogP contribution is -2.46. The number of methoxy groups -OCH3 is 1. The van der Waals surface area contributed by atoms with Crippen molar-refractivity contribution in [2.24, 2.45) is 0 Å². The minimum atomic E-state index is 0.126. The number of aromatic nitrogens is 2. The van der Waals surface area contributed by atoms with Crippen LogP contribution in [0.5, 0.6) is 5.75 Å². The standard InChI is InChI=1S/C19H28N4O2/c1-15-19(16(2)23(20-15)11-12-24)14-21-7-9-22(10-8-21)17-5-4-6-18(13-17)25-3/h4-6,13,24H,7-12,14H2,1-3H3. The monoisotopic (exact) mass is 344 g/mol. The largest absolute Gasteiger partial charge is 0.497 e. The summed E-state index contributed by atoms with van der Waals surface area (Å²) in [5, 5.41) is 13.7. The van der Waals surface area contributed by atoms with Gasteiger partial charge in [0, 0.05) is 55.7 Å². The molecule has 1 fully saturated rings. The highest BCUT2D eigenvalue weighted by Gasteiger charge is 2.20. The maximum absolute atomic E-state index is 9.15. The summed E-state index contributed by atoms with van der Waals surface area (Å²) < 4.78 is 7.24. The van der Waals surface area contributed by atoms with E-state index in [-0.39, 0.29) is 6.61 Å². The molecule has 0 unspecified atom stereocenters. The molecule has 1 aromatic carbocycles. The highest BCUT2D eigenvalue weighted by Crippen LogP contribution is 2.23. The number of aryl methyl sites for hydroxylation is 1. The number of ether oxygens (including phenoxy) is 1. The van der Waals surface area contributed by atoms with Crippen molar-refractivity contribution in [3.63, 3.8) is 0 Å². The Kier molecular flexibility index (Phi) is 5.60. The zero-order valence-electron chi connectivity index (χ0n) is 15.4. The molecule has 1 aliphatic heterocycles. The maximum Gasteiger partial charge on any atom is 0.120 e. The second-order valence-electron chi connectivity index (χ2n) is 6.56. The summed E-state index contributed by atoms with van der Waals surface area (Å²) in [7, 11) is 1.71. The van der Waals surface area contributed by atoms with Crippen molar-refractivity contribution in [1.82, 2.24) is 14.7 Å². The number of hydrogen-bond donors (Lipinski definition) is 1. The van der Waals surface area contributed by atoms with E-state index >= 15 is 0 Å². The van der Waals surface area contributed by atoms with Crippen LogP contribution < -0.4 is 9.64 Å². The van der Waals surface area contributed by atoms with Crippen molar-refractivity contribution >= 4 is 5.69 Å². The van der Waals surface area contributed by atoms with Crippen molar-refractivity contribution in [3.05, 3.63) is 41.2 Å². The van der Waals surface area contributed by atoms with E-state index in [1.807, 2.05) is 16.8 Å². The fraction of sp³-hybridized carbons (Fsp3) is 0.526. The molecule has 0 amide bonds. The van der Waals surface area contributed by atoms with E-state index in [0.717, 1.165) is 44.2 Å². The number of aliphatic hydroxyl groups excluding tert-OH is 1. The van der Waals surface area contributed by atoms with Gasteiger partial charge in [-0.3, -0.25) is 9.58 Å². The Bertz CT molecular complexity index is 705. The van der Waals surface area contributed by atoms with Crippen LogP contribution in [0.15, 0.2) is 24.3 Å². The molecule has 0 aliphatic carbocycles. The van der Waals surface area contributed by atoms with Crippen molar-refractivity contribution in [2.75, 3.05) is 44.8 Å². The lowest BCUT2D eigenvalue weighted by atomic mass is 10.1. The molecule has 3 rings (SSSR count). The maximum atomic E-state index is 9.15. The molecular weight excluding hydrogens is 316 g/mol. The van der Waals surface area contributed by atoms with Crippen LogP contribution in [0.3, 0.4) is 0 Å². The van der Waals surface area contributed by atoms with Gasteiger partial charge in [-0.15, -0.1) is 0 Å². The number of hydrogen-bond acceptors (Lipinski definition) is 5. The predicted molar refractivity (Wildman–Crippen MR) is 99.3 cm³/mol. The number of benzene rings is 1. The van der Waals surface area contributed by atoms with Crippen LogP contribution in [0.2, 0.25) is 0 Å². The summed E-state index contributed by atoms with van der Waals surface area (Å²) in [5.41, 5.74) is 4.76. The SMILES string of the molecule is COc1cccc(N2CCN(Cc3c(C)nn(CCO)c3C)CC2)c1. The summed E-state index contributed by atoms with van der Waals surface area (Å²) in [4.78, 5) is 4.89. The Balaban J connectivity index is 1.61. The fourth-order valence-corrected chi connectivity index (χ4v) is 3.47. The minimum absolute atomic E-state index is 0.126. The number of aliphatic hydroxyl groups is 1. The van der Waals surface area contributed by atoms with Crippen molar-refractivity contribution in [1.29, 1.82) is 0 Å². The third-order valence-corrected chi connectivity index (χ3v) is 5.02. The van der Waals surface area contributed by atoms with E-state index in [1.165, 1.54) is 16.9 Å². The van der Waals surface area contributed by atoms with Crippen molar-refractivity contribution in [3.8, 4) is 5.75 Å². The van der Waals surface area contributed by atoms with Crippen LogP contribution >= 0.6 is 0 Å². The molecule has 1 aliphatic rings. The second kappa shape index (κ2) is 7.89. The van der Waals surface area contributed by atoms with Gasteiger partial charge in [0.05, 0.1) is 26.0 Å². The van der Waals surface area contributed by atoms with Gasteiger partial charge in [0.15, 0.2) is 0 Å². The summed E-state index contributed by atoms with van der Waals surface area (Å²) in [6, 6.07) is 8.27.